The van der Waals surface area contributed by atoms with Crippen LogP contribution in [-0.4, -0.2) is 13.0 Å². The number of hydrogen-bond donors (Lipinski definition) is 1. The quantitative estimate of drug-likeness (QED) is 0.902. The van der Waals surface area contributed by atoms with Crippen LogP contribution in [0, 0.1) is 6.92 Å². The minimum Gasteiger partial charge on any atom is -0.496 e. The first kappa shape index (κ1) is 14.7. The van der Waals surface area contributed by atoms with E-state index < -0.39 is 0 Å². The van der Waals surface area contributed by atoms with Crippen LogP contribution in [0.1, 0.15) is 15.9 Å². The van der Waals surface area contributed by atoms with Crippen LogP contribution in [0.5, 0.6) is 5.75 Å². The van der Waals surface area contributed by atoms with Crippen molar-refractivity contribution >= 4 is 34.8 Å². The standard InChI is InChI=1S/C15H13Cl2NO2/c1-9-5-3-6-10(14(9)20-2)15(19)18-12-8-4-7-11(16)13(12)17/h3-8H,1-2H3,(H,18,19). The van der Waals surface area contributed by atoms with Crippen molar-refractivity contribution in [3.05, 3.63) is 57.6 Å². The zero-order chi connectivity index (χ0) is 14.7. The highest BCUT2D eigenvalue weighted by Crippen LogP contribution is 2.31. The van der Waals surface area contributed by atoms with Crippen LogP contribution in [-0.2, 0) is 0 Å². The topological polar surface area (TPSA) is 38.3 Å². The molecule has 0 aliphatic rings. The maximum absolute atomic E-state index is 12.3. The molecule has 0 atom stereocenters. The molecule has 0 fully saturated rings. The van der Waals surface area contributed by atoms with Crippen LogP contribution in [0.3, 0.4) is 0 Å². The van der Waals surface area contributed by atoms with E-state index in [9.17, 15) is 4.79 Å². The van der Waals surface area contributed by atoms with Gasteiger partial charge in [0, 0.05) is 0 Å². The third kappa shape index (κ3) is 2.89. The molecule has 2 aromatic carbocycles. The molecule has 0 saturated heterocycles. The molecule has 0 heterocycles. The number of aryl methyl sites for hydroxylation is 1. The molecule has 0 aliphatic heterocycles. The monoisotopic (exact) mass is 309 g/mol. The summed E-state index contributed by atoms with van der Waals surface area (Å²) in [6.07, 6.45) is 0. The fraction of sp³-hybridized carbons (Fsp3) is 0.133. The summed E-state index contributed by atoms with van der Waals surface area (Å²) in [4.78, 5) is 12.3. The van der Waals surface area contributed by atoms with Crippen molar-refractivity contribution in [3.63, 3.8) is 0 Å². The van der Waals surface area contributed by atoms with E-state index in [2.05, 4.69) is 5.32 Å². The van der Waals surface area contributed by atoms with Gasteiger partial charge in [-0.15, -0.1) is 0 Å². The first-order valence-corrected chi connectivity index (χ1v) is 6.69. The summed E-state index contributed by atoms with van der Waals surface area (Å²) in [5.41, 5.74) is 1.80. The SMILES string of the molecule is COc1c(C)cccc1C(=O)Nc1cccc(Cl)c1Cl. The summed E-state index contributed by atoms with van der Waals surface area (Å²) in [6, 6.07) is 10.4. The Hall–Kier alpha value is -1.71. The van der Waals surface area contributed by atoms with Crippen molar-refractivity contribution in [3.8, 4) is 5.75 Å². The molecule has 3 nitrogen and oxygen atoms in total. The van der Waals surface area contributed by atoms with E-state index in [4.69, 9.17) is 27.9 Å². The zero-order valence-corrected chi connectivity index (χ0v) is 12.5. The molecular weight excluding hydrogens is 297 g/mol. The van der Waals surface area contributed by atoms with E-state index in [1.165, 1.54) is 7.11 Å². The normalized spacial score (nSPS) is 10.2. The molecule has 1 N–H and O–H groups in total. The Labute approximate surface area is 127 Å². The molecule has 20 heavy (non-hydrogen) atoms. The average Bonchev–Trinajstić information content (AvgIpc) is 2.43. The van der Waals surface area contributed by atoms with Gasteiger partial charge in [-0.1, -0.05) is 41.4 Å². The molecule has 0 aliphatic carbocycles. The lowest BCUT2D eigenvalue weighted by atomic mass is 10.1. The van der Waals surface area contributed by atoms with E-state index in [0.717, 1.165) is 5.56 Å². The highest BCUT2D eigenvalue weighted by atomic mass is 35.5. The highest BCUT2D eigenvalue weighted by Gasteiger charge is 2.15. The summed E-state index contributed by atoms with van der Waals surface area (Å²) in [5.74, 6) is 0.248. The lowest BCUT2D eigenvalue weighted by Crippen LogP contribution is -2.14. The molecule has 0 radical (unpaired) electrons. The number of carbonyl (C=O) groups is 1. The number of anilines is 1. The predicted octanol–water partition coefficient (Wildman–Crippen LogP) is 4.56. The second kappa shape index (κ2) is 6.16. The maximum atomic E-state index is 12.3. The Balaban J connectivity index is 2.34. The van der Waals surface area contributed by atoms with Crippen LogP contribution >= 0.6 is 23.2 Å². The zero-order valence-electron chi connectivity index (χ0n) is 11.0. The number of carbonyl (C=O) groups excluding carboxylic acids is 1. The molecule has 0 aromatic heterocycles. The second-order valence-electron chi connectivity index (χ2n) is 4.21. The number of amides is 1. The van der Waals surface area contributed by atoms with Crippen LogP contribution in [0.4, 0.5) is 5.69 Å². The van der Waals surface area contributed by atoms with Gasteiger partial charge >= 0.3 is 0 Å². The number of para-hydroxylation sites is 1. The Morgan fingerprint density at radius 3 is 2.55 bits per heavy atom. The lowest BCUT2D eigenvalue weighted by Gasteiger charge is -2.12. The summed E-state index contributed by atoms with van der Waals surface area (Å²) in [6.45, 7) is 1.88. The Morgan fingerprint density at radius 2 is 1.85 bits per heavy atom. The maximum Gasteiger partial charge on any atom is 0.259 e. The average molecular weight is 310 g/mol. The van der Waals surface area contributed by atoms with Crippen molar-refractivity contribution < 1.29 is 9.53 Å². The van der Waals surface area contributed by atoms with Gasteiger partial charge in [0.05, 0.1) is 28.4 Å². The van der Waals surface area contributed by atoms with Crippen molar-refractivity contribution in [1.82, 2.24) is 0 Å². The van der Waals surface area contributed by atoms with Gasteiger partial charge < -0.3 is 10.1 Å². The Bertz CT molecular complexity index is 656. The second-order valence-corrected chi connectivity index (χ2v) is 5.00. The largest absolute Gasteiger partial charge is 0.496 e. The van der Waals surface area contributed by atoms with Gasteiger partial charge in [-0.05, 0) is 30.7 Å². The molecule has 0 unspecified atom stereocenters. The Morgan fingerprint density at radius 1 is 1.15 bits per heavy atom. The van der Waals surface area contributed by atoms with Gasteiger partial charge in [0.25, 0.3) is 5.91 Å². The highest BCUT2D eigenvalue weighted by molar-refractivity contribution is 6.44. The molecule has 2 rings (SSSR count). The molecular formula is C15H13Cl2NO2. The molecule has 2 aromatic rings. The molecule has 1 amide bonds. The molecule has 5 heteroatoms. The minimum atomic E-state index is -0.297. The Kier molecular flexibility index (Phi) is 4.53. The fourth-order valence-electron chi connectivity index (χ4n) is 1.89. The van der Waals surface area contributed by atoms with Crippen LogP contribution < -0.4 is 10.1 Å². The van der Waals surface area contributed by atoms with Crippen LogP contribution in [0.2, 0.25) is 10.0 Å². The van der Waals surface area contributed by atoms with Gasteiger partial charge in [0.1, 0.15) is 5.75 Å². The van der Waals surface area contributed by atoms with Crippen molar-refractivity contribution in [2.24, 2.45) is 0 Å². The van der Waals surface area contributed by atoms with Crippen molar-refractivity contribution in [1.29, 1.82) is 0 Å². The smallest absolute Gasteiger partial charge is 0.259 e. The number of ether oxygens (including phenoxy) is 1. The van der Waals surface area contributed by atoms with E-state index >= 15 is 0 Å². The van der Waals surface area contributed by atoms with E-state index in [-0.39, 0.29) is 5.91 Å². The summed E-state index contributed by atoms with van der Waals surface area (Å²) < 4.78 is 5.27. The van der Waals surface area contributed by atoms with Gasteiger partial charge in [-0.2, -0.15) is 0 Å². The van der Waals surface area contributed by atoms with E-state index in [0.29, 0.717) is 27.0 Å². The first-order valence-electron chi connectivity index (χ1n) is 5.93. The molecule has 0 saturated carbocycles. The minimum absolute atomic E-state index is 0.297. The predicted molar refractivity (Wildman–Crippen MR) is 82.1 cm³/mol. The summed E-state index contributed by atoms with van der Waals surface area (Å²) >= 11 is 12.0. The van der Waals surface area contributed by atoms with Gasteiger partial charge in [0.2, 0.25) is 0 Å². The lowest BCUT2D eigenvalue weighted by molar-refractivity contribution is 0.102. The first-order chi connectivity index (χ1) is 9.54. The molecule has 0 spiro atoms. The molecule has 104 valence electrons. The van der Waals surface area contributed by atoms with Gasteiger partial charge in [0.15, 0.2) is 0 Å². The van der Waals surface area contributed by atoms with E-state index in [1.807, 2.05) is 13.0 Å². The van der Waals surface area contributed by atoms with Gasteiger partial charge in [-0.3, -0.25) is 4.79 Å². The number of benzene rings is 2. The van der Waals surface area contributed by atoms with Gasteiger partial charge in [-0.25, -0.2) is 0 Å². The van der Waals surface area contributed by atoms with Crippen molar-refractivity contribution in [2.75, 3.05) is 12.4 Å². The number of halogens is 2. The summed E-state index contributed by atoms with van der Waals surface area (Å²) in [7, 11) is 1.53. The number of rotatable bonds is 3. The number of hydrogen-bond acceptors (Lipinski definition) is 2. The molecule has 0 bridgehead atoms. The fourth-order valence-corrected chi connectivity index (χ4v) is 2.24. The van der Waals surface area contributed by atoms with Crippen molar-refractivity contribution in [2.45, 2.75) is 6.92 Å². The van der Waals surface area contributed by atoms with Crippen LogP contribution in [0.15, 0.2) is 36.4 Å². The third-order valence-electron chi connectivity index (χ3n) is 2.86. The third-order valence-corrected chi connectivity index (χ3v) is 3.68. The van der Waals surface area contributed by atoms with E-state index in [1.54, 1.807) is 30.3 Å². The summed E-state index contributed by atoms with van der Waals surface area (Å²) in [5, 5.41) is 3.44. The van der Waals surface area contributed by atoms with Crippen LogP contribution in [0.25, 0.3) is 0 Å². The number of nitrogens with one attached hydrogen (secondary N) is 1. The number of methoxy groups -OCH3 is 1.